The molecule has 0 amide bonds. The molecule has 0 aromatic heterocycles. The van der Waals surface area contributed by atoms with Gasteiger partial charge >= 0.3 is 0 Å². The number of rotatable bonds is 2. The zero-order valence-corrected chi connectivity index (χ0v) is 7.69. The number of oxime groups is 1. The van der Waals surface area contributed by atoms with Crippen molar-refractivity contribution in [2.75, 3.05) is 6.61 Å². The van der Waals surface area contributed by atoms with Gasteiger partial charge in [0.2, 0.25) is 0 Å². The molecule has 0 aromatic carbocycles. The van der Waals surface area contributed by atoms with Gasteiger partial charge in [-0.2, -0.15) is 0 Å². The summed E-state index contributed by atoms with van der Waals surface area (Å²) in [6.07, 6.45) is 6.90. The Kier molecular flexibility index (Phi) is 6.33. The van der Waals surface area contributed by atoms with Gasteiger partial charge in [0.15, 0.2) is 0 Å². The Balaban J connectivity index is 0.000001000. The number of hydrogen-bond acceptors (Lipinski definition) is 2. The quantitative estimate of drug-likeness (QED) is 0.593. The zero-order chi connectivity index (χ0) is 7.23. The van der Waals surface area contributed by atoms with E-state index in [0.717, 1.165) is 12.8 Å². The SMILES string of the molecule is CCON=C1C[CH]CCC1.Cl. The van der Waals surface area contributed by atoms with E-state index in [1.807, 2.05) is 6.92 Å². The van der Waals surface area contributed by atoms with Crippen LogP contribution >= 0.6 is 12.4 Å². The fourth-order valence-corrected chi connectivity index (χ4v) is 1.06. The molecule has 1 saturated carbocycles. The van der Waals surface area contributed by atoms with Crippen LogP contribution in [-0.2, 0) is 4.84 Å². The van der Waals surface area contributed by atoms with Crippen molar-refractivity contribution in [2.45, 2.75) is 32.6 Å². The van der Waals surface area contributed by atoms with Gasteiger partial charge in [-0.3, -0.25) is 0 Å². The maximum Gasteiger partial charge on any atom is 0.114 e. The minimum Gasteiger partial charge on any atom is -0.396 e. The Hall–Kier alpha value is -0.240. The van der Waals surface area contributed by atoms with Crippen molar-refractivity contribution in [3.63, 3.8) is 0 Å². The molecule has 1 fully saturated rings. The van der Waals surface area contributed by atoms with Gasteiger partial charge in [0.05, 0.1) is 5.71 Å². The largest absolute Gasteiger partial charge is 0.396 e. The van der Waals surface area contributed by atoms with Gasteiger partial charge in [0.25, 0.3) is 0 Å². The van der Waals surface area contributed by atoms with Gasteiger partial charge in [-0.15, -0.1) is 12.4 Å². The predicted molar refractivity (Wildman–Crippen MR) is 49.1 cm³/mol. The van der Waals surface area contributed by atoms with Crippen LogP contribution in [0.1, 0.15) is 32.6 Å². The second kappa shape index (κ2) is 6.47. The molecule has 1 radical (unpaired) electrons. The van der Waals surface area contributed by atoms with Crippen LogP contribution in [0.5, 0.6) is 0 Å². The summed E-state index contributed by atoms with van der Waals surface area (Å²) in [5, 5.41) is 3.99. The topological polar surface area (TPSA) is 21.6 Å². The molecule has 0 atom stereocenters. The Labute approximate surface area is 74.4 Å². The highest BCUT2D eigenvalue weighted by atomic mass is 35.5. The van der Waals surface area contributed by atoms with Crippen LogP contribution in [0.3, 0.4) is 0 Å². The first kappa shape index (κ1) is 10.8. The van der Waals surface area contributed by atoms with E-state index in [0.29, 0.717) is 6.61 Å². The highest BCUT2D eigenvalue weighted by molar-refractivity contribution is 5.85. The fraction of sp³-hybridized carbons (Fsp3) is 0.750. The average Bonchev–Trinajstić information content (AvgIpc) is 2.03. The second-order valence-electron chi connectivity index (χ2n) is 2.46. The van der Waals surface area contributed by atoms with Crippen LogP contribution in [0.2, 0.25) is 0 Å². The monoisotopic (exact) mass is 176 g/mol. The van der Waals surface area contributed by atoms with Crippen molar-refractivity contribution in [1.82, 2.24) is 0 Å². The van der Waals surface area contributed by atoms with Crippen molar-refractivity contribution >= 4 is 18.1 Å². The second-order valence-corrected chi connectivity index (χ2v) is 2.46. The van der Waals surface area contributed by atoms with Crippen LogP contribution in [0.15, 0.2) is 5.16 Å². The van der Waals surface area contributed by atoms with Crippen molar-refractivity contribution in [3.8, 4) is 0 Å². The van der Waals surface area contributed by atoms with Crippen LogP contribution in [0, 0.1) is 6.42 Å². The maximum absolute atomic E-state index is 4.94. The molecule has 0 unspecified atom stereocenters. The van der Waals surface area contributed by atoms with E-state index in [-0.39, 0.29) is 12.4 Å². The van der Waals surface area contributed by atoms with Gasteiger partial charge < -0.3 is 4.84 Å². The first-order valence-electron chi connectivity index (χ1n) is 3.93. The summed E-state index contributed by atoms with van der Waals surface area (Å²) in [6, 6.07) is 0. The summed E-state index contributed by atoms with van der Waals surface area (Å²) in [7, 11) is 0. The van der Waals surface area contributed by atoms with Crippen molar-refractivity contribution in [3.05, 3.63) is 6.42 Å². The Bertz CT molecular complexity index is 117. The summed E-state index contributed by atoms with van der Waals surface area (Å²) < 4.78 is 0. The molecule has 1 aliphatic carbocycles. The first-order valence-corrected chi connectivity index (χ1v) is 3.93. The first-order chi connectivity index (χ1) is 4.93. The molecule has 11 heavy (non-hydrogen) atoms. The van der Waals surface area contributed by atoms with E-state index in [1.165, 1.54) is 18.6 Å². The maximum atomic E-state index is 4.94. The minimum atomic E-state index is 0. The molecular formula is C8H15ClNO. The molecule has 1 rings (SSSR count). The lowest BCUT2D eigenvalue weighted by molar-refractivity contribution is 0.157. The molecule has 0 saturated heterocycles. The summed E-state index contributed by atoms with van der Waals surface area (Å²) in [6.45, 7) is 2.64. The zero-order valence-electron chi connectivity index (χ0n) is 6.88. The molecular weight excluding hydrogens is 162 g/mol. The van der Waals surface area contributed by atoms with Gasteiger partial charge in [0, 0.05) is 0 Å². The highest BCUT2D eigenvalue weighted by Crippen LogP contribution is 2.13. The molecule has 0 aliphatic heterocycles. The Morgan fingerprint density at radius 3 is 3.00 bits per heavy atom. The molecule has 0 aromatic rings. The van der Waals surface area contributed by atoms with E-state index < -0.39 is 0 Å². The van der Waals surface area contributed by atoms with Crippen LogP contribution in [0.4, 0.5) is 0 Å². The number of nitrogens with zero attached hydrogens (tertiary/aromatic N) is 1. The van der Waals surface area contributed by atoms with E-state index in [1.54, 1.807) is 0 Å². The van der Waals surface area contributed by atoms with Gasteiger partial charge in [-0.05, 0) is 39.0 Å². The molecule has 3 heteroatoms. The number of halogens is 1. The lowest BCUT2D eigenvalue weighted by Crippen LogP contribution is -2.05. The van der Waals surface area contributed by atoms with Crippen molar-refractivity contribution in [1.29, 1.82) is 0 Å². The standard InChI is InChI=1S/C8H14NO.ClH/c1-2-10-9-8-6-4-3-5-7-8;/h4H,2-3,5-7H2,1H3;1H. The van der Waals surface area contributed by atoms with Gasteiger partial charge in [-0.25, -0.2) is 0 Å². The van der Waals surface area contributed by atoms with E-state index in [2.05, 4.69) is 11.6 Å². The fourth-order valence-electron chi connectivity index (χ4n) is 1.06. The third-order valence-electron chi connectivity index (χ3n) is 1.58. The summed E-state index contributed by atoms with van der Waals surface area (Å²) >= 11 is 0. The third kappa shape index (κ3) is 4.25. The minimum absolute atomic E-state index is 0. The third-order valence-corrected chi connectivity index (χ3v) is 1.58. The van der Waals surface area contributed by atoms with Gasteiger partial charge in [0.1, 0.15) is 6.61 Å². The molecule has 65 valence electrons. The molecule has 0 N–H and O–H groups in total. The lowest BCUT2D eigenvalue weighted by Gasteiger charge is -2.10. The van der Waals surface area contributed by atoms with E-state index in [9.17, 15) is 0 Å². The van der Waals surface area contributed by atoms with Gasteiger partial charge in [-0.1, -0.05) is 5.16 Å². The van der Waals surface area contributed by atoms with Crippen LogP contribution in [-0.4, -0.2) is 12.3 Å². The summed E-state index contributed by atoms with van der Waals surface area (Å²) in [5.74, 6) is 0. The molecule has 0 spiro atoms. The lowest BCUT2D eigenvalue weighted by atomic mass is 9.99. The Morgan fingerprint density at radius 2 is 2.45 bits per heavy atom. The van der Waals surface area contributed by atoms with Crippen molar-refractivity contribution in [2.24, 2.45) is 5.16 Å². The van der Waals surface area contributed by atoms with E-state index in [4.69, 9.17) is 4.84 Å². The predicted octanol–water partition coefficient (Wildman–Crippen LogP) is 2.58. The molecule has 2 nitrogen and oxygen atoms in total. The Morgan fingerprint density at radius 1 is 1.64 bits per heavy atom. The van der Waals surface area contributed by atoms with Crippen molar-refractivity contribution < 1.29 is 4.84 Å². The molecule has 0 heterocycles. The molecule has 0 bridgehead atoms. The van der Waals surface area contributed by atoms with Crippen LogP contribution < -0.4 is 0 Å². The van der Waals surface area contributed by atoms with E-state index >= 15 is 0 Å². The van der Waals surface area contributed by atoms with Crippen LogP contribution in [0.25, 0.3) is 0 Å². The smallest absolute Gasteiger partial charge is 0.114 e. The highest BCUT2D eigenvalue weighted by Gasteiger charge is 2.06. The summed E-state index contributed by atoms with van der Waals surface area (Å²) in [5.41, 5.74) is 1.20. The molecule has 1 aliphatic rings. The number of hydrogen-bond donors (Lipinski definition) is 0. The normalized spacial score (nSPS) is 21.0. The average molecular weight is 177 g/mol. The summed E-state index contributed by atoms with van der Waals surface area (Å²) in [4.78, 5) is 4.94.